The van der Waals surface area contributed by atoms with E-state index in [2.05, 4.69) is 15.9 Å². The second kappa shape index (κ2) is 7.07. The van der Waals surface area contributed by atoms with Crippen LogP contribution in [0.4, 0.5) is 0 Å². The van der Waals surface area contributed by atoms with Crippen LogP contribution in [-0.2, 0) is 10.0 Å². The summed E-state index contributed by atoms with van der Waals surface area (Å²) in [5.74, 6) is 0. The van der Waals surface area contributed by atoms with Crippen molar-refractivity contribution >= 4 is 50.0 Å². The van der Waals surface area contributed by atoms with Gasteiger partial charge in [0.05, 0.1) is 5.02 Å². The molecule has 104 valence electrons. The summed E-state index contributed by atoms with van der Waals surface area (Å²) in [5, 5.41) is 0.190. The second-order valence-corrected chi connectivity index (χ2v) is 6.97. The van der Waals surface area contributed by atoms with Crippen molar-refractivity contribution in [1.29, 1.82) is 0 Å². The molecule has 0 fully saturated rings. The highest BCUT2D eigenvalue weighted by molar-refractivity contribution is 9.10. The van der Waals surface area contributed by atoms with Crippen LogP contribution in [0, 0.1) is 0 Å². The van der Waals surface area contributed by atoms with Crippen LogP contribution in [0.15, 0.2) is 27.6 Å². The lowest BCUT2D eigenvalue weighted by Crippen LogP contribution is -2.39. The van der Waals surface area contributed by atoms with E-state index in [1.54, 1.807) is 19.1 Å². The maximum atomic E-state index is 12.2. The molecule has 1 aromatic carbocycles. The number of rotatable bonds is 4. The van der Waals surface area contributed by atoms with E-state index in [4.69, 9.17) is 17.3 Å². The molecule has 1 aromatic rings. The van der Waals surface area contributed by atoms with Crippen molar-refractivity contribution in [3.8, 4) is 0 Å². The molecule has 18 heavy (non-hydrogen) atoms. The summed E-state index contributed by atoms with van der Waals surface area (Å²) in [6.07, 6.45) is 0. The first-order valence-electron chi connectivity index (χ1n) is 4.94. The summed E-state index contributed by atoms with van der Waals surface area (Å²) in [7, 11) is -2.11. The third-order valence-corrected chi connectivity index (χ3v) is 5.46. The fourth-order valence-corrected chi connectivity index (χ4v) is 3.61. The van der Waals surface area contributed by atoms with Gasteiger partial charge in [-0.3, -0.25) is 0 Å². The van der Waals surface area contributed by atoms with Gasteiger partial charge in [0.2, 0.25) is 10.0 Å². The fraction of sp³-hybridized carbons (Fsp3) is 0.400. The molecule has 0 amide bonds. The van der Waals surface area contributed by atoms with Crippen molar-refractivity contribution in [2.75, 3.05) is 13.6 Å². The minimum atomic E-state index is -3.60. The molecule has 0 heterocycles. The first-order chi connectivity index (χ1) is 7.80. The zero-order valence-electron chi connectivity index (χ0n) is 9.93. The maximum absolute atomic E-state index is 12.2. The fourth-order valence-electron chi connectivity index (χ4n) is 1.22. The van der Waals surface area contributed by atoms with Crippen LogP contribution in [0.1, 0.15) is 6.92 Å². The molecular formula is C10H15BrCl2N2O2S. The van der Waals surface area contributed by atoms with Crippen LogP contribution in [0.5, 0.6) is 0 Å². The van der Waals surface area contributed by atoms with Crippen molar-refractivity contribution in [2.24, 2.45) is 5.73 Å². The quantitative estimate of drug-likeness (QED) is 0.876. The number of hydrogen-bond donors (Lipinski definition) is 1. The Morgan fingerprint density at radius 3 is 2.50 bits per heavy atom. The van der Waals surface area contributed by atoms with Crippen LogP contribution >= 0.6 is 39.9 Å². The monoisotopic (exact) mass is 376 g/mol. The first-order valence-corrected chi connectivity index (χ1v) is 7.55. The van der Waals surface area contributed by atoms with Gasteiger partial charge in [-0.05, 0) is 25.1 Å². The number of sulfonamides is 1. The standard InChI is InChI=1S/C10H14BrClN2O2S.ClH/c1-7(6-13)14(2)17(15,16)10-4-3-8(11)5-9(10)12;/h3-5,7H,6,13H2,1-2H3;1H. The molecule has 1 unspecified atom stereocenters. The Labute approximate surface area is 127 Å². The smallest absolute Gasteiger partial charge is 0.244 e. The minimum Gasteiger partial charge on any atom is -0.329 e. The summed E-state index contributed by atoms with van der Waals surface area (Å²) >= 11 is 9.17. The Hall–Kier alpha value is 0.150. The van der Waals surface area contributed by atoms with E-state index in [-0.39, 0.29) is 34.9 Å². The number of benzene rings is 1. The molecule has 2 N–H and O–H groups in total. The summed E-state index contributed by atoms with van der Waals surface area (Å²) < 4.78 is 26.4. The molecule has 1 atom stereocenters. The summed E-state index contributed by atoms with van der Waals surface area (Å²) in [6, 6.07) is 4.39. The summed E-state index contributed by atoms with van der Waals surface area (Å²) in [4.78, 5) is 0.0881. The van der Waals surface area contributed by atoms with Gasteiger partial charge < -0.3 is 5.73 Å². The third kappa shape index (κ3) is 3.82. The van der Waals surface area contributed by atoms with E-state index < -0.39 is 10.0 Å². The van der Waals surface area contributed by atoms with Crippen LogP contribution in [0.25, 0.3) is 0 Å². The van der Waals surface area contributed by atoms with E-state index in [9.17, 15) is 8.42 Å². The molecule has 1 rings (SSSR count). The van der Waals surface area contributed by atoms with Crippen molar-refractivity contribution < 1.29 is 8.42 Å². The number of nitrogens with two attached hydrogens (primary N) is 1. The van der Waals surface area contributed by atoms with Gasteiger partial charge in [0.25, 0.3) is 0 Å². The zero-order valence-corrected chi connectivity index (χ0v) is 13.9. The summed E-state index contributed by atoms with van der Waals surface area (Å²) in [6.45, 7) is 1.99. The van der Waals surface area contributed by atoms with E-state index in [1.165, 1.54) is 17.4 Å². The Balaban J connectivity index is 0.00000289. The van der Waals surface area contributed by atoms with Gasteiger partial charge >= 0.3 is 0 Å². The van der Waals surface area contributed by atoms with Crippen molar-refractivity contribution in [3.05, 3.63) is 27.7 Å². The Morgan fingerprint density at radius 1 is 1.50 bits per heavy atom. The molecule has 0 saturated heterocycles. The van der Waals surface area contributed by atoms with Crippen LogP contribution < -0.4 is 5.73 Å². The zero-order chi connectivity index (χ0) is 13.2. The Kier molecular flexibility index (Phi) is 7.13. The van der Waals surface area contributed by atoms with Gasteiger partial charge in [-0.1, -0.05) is 27.5 Å². The summed E-state index contributed by atoms with van der Waals surface area (Å²) in [5.41, 5.74) is 5.46. The molecule has 0 radical (unpaired) electrons. The molecule has 4 nitrogen and oxygen atoms in total. The number of nitrogens with zero attached hydrogens (tertiary/aromatic N) is 1. The van der Waals surface area contributed by atoms with E-state index >= 15 is 0 Å². The maximum Gasteiger partial charge on any atom is 0.244 e. The normalized spacial score (nSPS) is 13.2. The van der Waals surface area contributed by atoms with Crippen molar-refractivity contribution in [2.45, 2.75) is 17.9 Å². The van der Waals surface area contributed by atoms with E-state index in [0.717, 1.165) is 4.47 Å². The lowest BCUT2D eigenvalue weighted by Gasteiger charge is -2.23. The van der Waals surface area contributed by atoms with Crippen LogP contribution in [0.2, 0.25) is 5.02 Å². The highest BCUT2D eigenvalue weighted by atomic mass is 79.9. The molecule has 0 saturated carbocycles. The molecule has 0 aliphatic carbocycles. The molecular weight excluding hydrogens is 363 g/mol. The lowest BCUT2D eigenvalue weighted by molar-refractivity contribution is 0.394. The van der Waals surface area contributed by atoms with Gasteiger partial charge in [-0.2, -0.15) is 4.31 Å². The van der Waals surface area contributed by atoms with Crippen LogP contribution in [-0.4, -0.2) is 32.4 Å². The van der Waals surface area contributed by atoms with Crippen molar-refractivity contribution in [3.63, 3.8) is 0 Å². The van der Waals surface area contributed by atoms with Crippen molar-refractivity contribution in [1.82, 2.24) is 4.31 Å². The largest absolute Gasteiger partial charge is 0.329 e. The average Bonchev–Trinajstić information content (AvgIpc) is 2.26. The Bertz CT molecular complexity index is 511. The Morgan fingerprint density at radius 2 is 2.06 bits per heavy atom. The number of likely N-dealkylation sites (N-methyl/N-ethyl adjacent to an activating group) is 1. The topological polar surface area (TPSA) is 63.4 Å². The molecule has 0 aliphatic rings. The highest BCUT2D eigenvalue weighted by Gasteiger charge is 2.26. The first kappa shape index (κ1) is 18.1. The number of halogens is 3. The minimum absolute atomic E-state index is 0. The van der Waals surface area contributed by atoms with E-state index in [0.29, 0.717) is 0 Å². The third-order valence-electron chi connectivity index (χ3n) is 2.51. The van der Waals surface area contributed by atoms with Gasteiger partial charge in [0, 0.05) is 24.1 Å². The lowest BCUT2D eigenvalue weighted by atomic mass is 10.4. The van der Waals surface area contributed by atoms with Gasteiger partial charge in [0.1, 0.15) is 4.90 Å². The second-order valence-electron chi connectivity index (χ2n) is 3.68. The molecule has 0 aromatic heterocycles. The van der Waals surface area contributed by atoms with Gasteiger partial charge in [0.15, 0.2) is 0 Å². The average molecular weight is 378 g/mol. The van der Waals surface area contributed by atoms with Crippen LogP contribution in [0.3, 0.4) is 0 Å². The predicted octanol–water partition coefficient (Wildman–Crippen LogP) is 2.49. The molecule has 0 aliphatic heterocycles. The SMILES string of the molecule is CC(CN)N(C)S(=O)(=O)c1ccc(Br)cc1Cl.Cl. The molecule has 0 bridgehead atoms. The predicted molar refractivity (Wildman–Crippen MR) is 79.9 cm³/mol. The molecule has 0 spiro atoms. The highest BCUT2D eigenvalue weighted by Crippen LogP contribution is 2.27. The number of hydrogen-bond acceptors (Lipinski definition) is 3. The van der Waals surface area contributed by atoms with E-state index in [1.807, 2.05) is 0 Å². The van der Waals surface area contributed by atoms with Gasteiger partial charge in [-0.25, -0.2) is 8.42 Å². The van der Waals surface area contributed by atoms with Gasteiger partial charge in [-0.15, -0.1) is 12.4 Å². The molecule has 8 heteroatoms.